The van der Waals surface area contributed by atoms with Crippen molar-refractivity contribution in [2.75, 3.05) is 23.9 Å². The summed E-state index contributed by atoms with van der Waals surface area (Å²) in [6, 6.07) is 34.4. The van der Waals surface area contributed by atoms with E-state index in [2.05, 4.69) is 38.1 Å². The monoisotopic (exact) mass is 687 g/mol. The largest absolute Gasteiger partial charge is 0.280 e. The molecule has 3 heterocycles. The van der Waals surface area contributed by atoms with E-state index in [1.807, 2.05) is 79.0 Å². The van der Waals surface area contributed by atoms with E-state index in [9.17, 15) is 13.2 Å². The second kappa shape index (κ2) is 14.0. The molecule has 0 atom stereocenters. The van der Waals surface area contributed by atoms with Crippen LogP contribution in [0.15, 0.2) is 136 Å². The molecule has 0 radical (unpaired) electrons. The summed E-state index contributed by atoms with van der Waals surface area (Å²) in [5, 5.41) is 11.2. The Morgan fingerprint density at radius 2 is 1.53 bits per heavy atom. The SMILES string of the molecule is Cc1ccc(SCC2=NN(c3ccccc3)C(=O)C2=Cc2cn(-c3ccccc3)nc2-c2cccc(S(=O)(=O)N3CCC(C)CC3)c2)cc1. The van der Waals surface area contributed by atoms with E-state index >= 15 is 0 Å². The van der Waals surface area contributed by atoms with Crippen LogP contribution in [0.1, 0.15) is 30.9 Å². The number of piperidine rings is 1. The highest BCUT2D eigenvalue weighted by atomic mass is 32.2. The number of aryl methyl sites for hydroxylation is 1. The van der Waals surface area contributed by atoms with Crippen LogP contribution >= 0.6 is 11.8 Å². The lowest BCUT2D eigenvalue weighted by Crippen LogP contribution is -2.37. The van der Waals surface area contributed by atoms with E-state index in [1.54, 1.807) is 38.9 Å². The number of sulfonamides is 1. The number of amides is 1. The van der Waals surface area contributed by atoms with Crippen LogP contribution in [0.25, 0.3) is 23.0 Å². The van der Waals surface area contributed by atoms with E-state index < -0.39 is 10.0 Å². The molecule has 1 saturated heterocycles. The summed E-state index contributed by atoms with van der Waals surface area (Å²) in [5.41, 5.74) is 5.70. The minimum absolute atomic E-state index is 0.233. The molecule has 2 aliphatic rings. The molecule has 0 spiro atoms. The van der Waals surface area contributed by atoms with E-state index in [0.29, 0.717) is 58.6 Å². The fourth-order valence-corrected chi connectivity index (χ4v) is 8.36. The Bertz CT molecular complexity index is 2140. The Kier molecular flexibility index (Phi) is 9.35. The molecule has 1 fully saturated rings. The predicted octanol–water partition coefficient (Wildman–Crippen LogP) is 7.85. The number of hydrogen-bond acceptors (Lipinski definition) is 6. The average Bonchev–Trinajstić information content (AvgIpc) is 3.70. The molecule has 10 heteroatoms. The second-order valence-corrected chi connectivity index (χ2v) is 15.5. The number of hydrazone groups is 1. The minimum atomic E-state index is -3.69. The Morgan fingerprint density at radius 3 is 2.22 bits per heavy atom. The minimum Gasteiger partial charge on any atom is -0.267 e. The van der Waals surface area contributed by atoms with Gasteiger partial charge in [-0.25, -0.2) is 13.1 Å². The number of carbonyl (C=O) groups is 1. The van der Waals surface area contributed by atoms with Crippen molar-refractivity contribution in [1.29, 1.82) is 0 Å². The Balaban J connectivity index is 1.30. The molecule has 7 rings (SSSR count). The molecule has 2 aliphatic heterocycles. The maximum atomic E-state index is 14.1. The van der Waals surface area contributed by atoms with Crippen LogP contribution in [0.5, 0.6) is 0 Å². The highest BCUT2D eigenvalue weighted by molar-refractivity contribution is 8.00. The molecule has 0 unspecified atom stereocenters. The highest BCUT2D eigenvalue weighted by Gasteiger charge is 2.32. The standard InChI is InChI=1S/C39H37N5O3S2/c1-28-16-18-34(19-17-28)48-27-37-36(39(45)44(40-37)33-13-7-4-8-14-33)25-31-26-43(32-11-5-3-6-12-32)41-38(31)30-10-9-15-35(24-30)49(46,47)42-22-20-29(2)21-23-42/h3-19,24-26,29H,20-23,27H2,1-2H3. The molecule has 1 aromatic heterocycles. The van der Waals surface area contributed by atoms with Gasteiger partial charge in [-0.1, -0.05) is 73.2 Å². The molecule has 0 saturated carbocycles. The summed E-state index contributed by atoms with van der Waals surface area (Å²) in [7, 11) is -3.69. The summed E-state index contributed by atoms with van der Waals surface area (Å²) in [6.07, 6.45) is 5.42. The average molecular weight is 688 g/mol. The molecule has 8 nitrogen and oxygen atoms in total. The Morgan fingerprint density at radius 1 is 0.857 bits per heavy atom. The number of anilines is 1. The Hall–Kier alpha value is -4.77. The lowest BCUT2D eigenvalue weighted by molar-refractivity contribution is -0.114. The van der Waals surface area contributed by atoms with Gasteiger partial charge in [-0.3, -0.25) is 4.79 Å². The van der Waals surface area contributed by atoms with Crippen LogP contribution in [0.3, 0.4) is 0 Å². The van der Waals surface area contributed by atoms with Crippen LogP contribution < -0.4 is 5.01 Å². The van der Waals surface area contributed by atoms with Crippen molar-refractivity contribution in [2.24, 2.45) is 11.0 Å². The first-order valence-corrected chi connectivity index (χ1v) is 18.8. The lowest BCUT2D eigenvalue weighted by atomic mass is 10.0. The zero-order chi connectivity index (χ0) is 34.0. The van der Waals surface area contributed by atoms with Gasteiger partial charge in [0.1, 0.15) is 5.69 Å². The van der Waals surface area contributed by atoms with Crippen molar-refractivity contribution in [1.82, 2.24) is 14.1 Å². The van der Waals surface area contributed by atoms with Crippen LogP contribution in [0.2, 0.25) is 0 Å². The molecule has 1 amide bonds. The molecule has 4 aromatic carbocycles. The van der Waals surface area contributed by atoms with Gasteiger partial charge in [-0.05, 0) is 80.3 Å². The quantitative estimate of drug-likeness (QED) is 0.116. The van der Waals surface area contributed by atoms with Gasteiger partial charge in [0, 0.05) is 41.1 Å². The summed E-state index contributed by atoms with van der Waals surface area (Å²) in [6.45, 7) is 5.24. The molecular formula is C39H37N5O3S2. The fourth-order valence-electron chi connectivity index (χ4n) is 6.00. The van der Waals surface area contributed by atoms with Crippen molar-refractivity contribution < 1.29 is 13.2 Å². The van der Waals surface area contributed by atoms with Crippen LogP contribution in [-0.2, 0) is 14.8 Å². The van der Waals surface area contributed by atoms with Gasteiger partial charge in [-0.15, -0.1) is 11.8 Å². The van der Waals surface area contributed by atoms with Crippen molar-refractivity contribution in [3.63, 3.8) is 0 Å². The third-order valence-corrected chi connectivity index (χ3v) is 11.8. The van der Waals surface area contributed by atoms with Gasteiger partial charge in [0.15, 0.2) is 0 Å². The number of thioether (sulfide) groups is 1. The van der Waals surface area contributed by atoms with Crippen molar-refractivity contribution in [3.05, 3.63) is 132 Å². The smallest absolute Gasteiger partial charge is 0.267 e. The summed E-state index contributed by atoms with van der Waals surface area (Å²) in [4.78, 5) is 15.4. The van der Waals surface area contributed by atoms with Crippen LogP contribution in [-0.4, -0.2) is 53.0 Å². The zero-order valence-corrected chi connectivity index (χ0v) is 29.1. The molecule has 0 bridgehead atoms. The highest BCUT2D eigenvalue weighted by Crippen LogP contribution is 2.33. The van der Waals surface area contributed by atoms with Gasteiger partial charge < -0.3 is 0 Å². The number of aromatic nitrogens is 2. The lowest BCUT2D eigenvalue weighted by Gasteiger charge is -2.29. The topological polar surface area (TPSA) is 87.9 Å². The number of nitrogens with zero attached hydrogens (tertiary/aromatic N) is 5. The van der Waals surface area contributed by atoms with Crippen molar-refractivity contribution >= 4 is 45.2 Å². The predicted molar refractivity (Wildman–Crippen MR) is 197 cm³/mol. The first-order chi connectivity index (χ1) is 23.8. The normalized spacial score (nSPS) is 16.8. The van der Waals surface area contributed by atoms with E-state index in [0.717, 1.165) is 23.4 Å². The molecule has 0 N–H and O–H groups in total. The number of rotatable bonds is 9. The summed E-state index contributed by atoms with van der Waals surface area (Å²) in [5.74, 6) is 0.754. The van der Waals surface area contributed by atoms with Gasteiger partial charge in [0.25, 0.3) is 5.91 Å². The zero-order valence-electron chi connectivity index (χ0n) is 27.4. The third kappa shape index (κ3) is 7.03. The molecular weight excluding hydrogens is 651 g/mol. The first-order valence-electron chi connectivity index (χ1n) is 16.4. The van der Waals surface area contributed by atoms with Crippen molar-refractivity contribution in [2.45, 2.75) is 36.5 Å². The number of carbonyl (C=O) groups excluding carboxylic acids is 1. The maximum absolute atomic E-state index is 14.1. The van der Waals surface area contributed by atoms with Gasteiger partial charge in [-0.2, -0.15) is 19.5 Å². The summed E-state index contributed by atoms with van der Waals surface area (Å²) >= 11 is 1.62. The second-order valence-electron chi connectivity index (χ2n) is 12.5. The number of hydrogen-bond donors (Lipinski definition) is 0. The van der Waals surface area contributed by atoms with E-state index in [1.165, 1.54) is 10.6 Å². The van der Waals surface area contributed by atoms with Crippen molar-refractivity contribution in [3.8, 4) is 16.9 Å². The first kappa shape index (κ1) is 32.8. The summed E-state index contributed by atoms with van der Waals surface area (Å²) < 4.78 is 30.9. The molecule has 5 aromatic rings. The van der Waals surface area contributed by atoms with Gasteiger partial charge >= 0.3 is 0 Å². The Labute approximate surface area is 291 Å². The molecule has 0 aliphatic carbocycles. The van der Waals surface area contributed by atoms with E-state index in [4.69, 9.17) is 10.2 Å². The number of para-hydroxylation sites is 2. The van der Waals surface area contributed by atoms with Gasteiger partial charge in [0.2, 0.25) is 10.0 Å². The third-order valence-electron chi connectivity index (χ3n) is 8.90. The molecule has 49 heavy (non-hydrogen) atoms. The van der Waals surface area contributed by atoms with E-state index in [-0.39, 0.29) is 10.8 Å². The van der Waals surface area contributed by atoms with Crippen LogP contribution in [0, 0.1) is 12.8 Å². The number of benzene rings is 4. The molecule has 248 valence electrons. The van der Waals surface area contributed by atoms with Crippen LogP contribution in [0.4, 0.5) is 5.69 Å². The fraction of sp³-hybridized carbons (Fsp3) is 0.205. The maximum Gasteiger partial charge on any atom is 0.280 e. The van der Waals surface area contributed by atoms with Gasteiger partial charge in [0.05, 0.1) is 27.6 Å².